The maximum Gasteiger partial charge on any atom is 0.195 e. The molecule has 2 aromatic carbocycles. The second kappa shape index (κ2) is 7.75. The van der Waals surface area contributed by atoms with Gasteiger partial charge in [0, 0.05) is 34.8 Å². The van der Waals surface area contributed by atoms with Gasteiger partial charge < -0.3 is 9.72 Å². The molecule has 1 aromatic heterocycles. The molecule has 0 saturated carbocycles. The van der Waals surface area contributed by atoms with E-state index in [2.05, 4.69) is 9.88 Å². The Hall–Kier alpha value is -2.59. The van der Waals surface area contributed by atoms with Crippen LogP contribution in [0.2, 0.25) is 0 Å². The number of likely N-dealkylation sites (tertiary alicyclic amines) is 1. The Morgan fingerprint density at radius 3 is 2.58 bits per heavy atom. The van der Waals surface area contributed by atoms with E-state index in [1.54, 1.807) is 6.20 Å². The molecule has 0 aliphatic carbocycles. The van der Waals surface area contributed by atoms with Crippen molar-refractivity contribution in [3.63, 3.8) is 0 Å². The first-order valence-corrected chi connectivity index (χ1v) is 9.37. The van der Waals surface area contributed by atoms with Crippen molar-refractivity contribution in [2.75, 3.05) is 26.2 Å². The van der Waals surface area contributed by atoms with E-state index >= 15 is 0 Å². The van der Waals surface area contributed by atoms with Gasteiger partial charge in [-0.15, -0.1) is 0 Å². The highest BCUT2D eigenvalue weighted by Gasteiger charge is 2.14. The van der Waals surface area contributed by atoms with Gasteiger partial charge in [-0.05, 0) is 56.3 Å². The summed E-state index contributed by atoms with van der Waals surface area (Å²) in [6.07, 6.45) is 5.73. The van der Waals surface area contributed by atoms with Crippen LogP contribution in [0.4, 0.5) is 0 Å². The van der Waals surface area contributed by atoms with E-state index in [-0.39, 0.29) is 5.78 Å². The number of nitrogens with one attached hydrogen (secondary N) is 1. The van der Waals surface area contributed by atoms with Crippen molar-refractivity contribution < 1.29 is 9.53 Å². The molecule has 1 aliphatic rings. The predicted molar refractivity (Wildman–Crippen MR) is 104 cm³/mol. The molecular formula is C22H24N2O2. The van der Waals surface area contributed by atoms with E-state index in [9.17, 15) is 4.79 Å². The molecule has 1 saturated heterocycles. The van der Waals surface area contributed by atoms with Gasteiger partial charge in [0.25, 0.3) is 0 Å². The Morgan fingerprint density at radius 2 is 1.77 bits per heavy atom. The molecule has 3 aromatic rings. The van der Waals surface area contributed by atoms with Crippen LogP contribution >= 0.6 is 0 Å². The monoisotopic (exact) mass is 348 g/mol. The molecule has 0 amide bonds. The lowest BCUT2D eigenvalue weighted by Crippen LogP contribution is -2.33. The molecule has 4 rings (SSSR count). The summed E-state index contributed by atoms with van der Waals surface area (Å²) in [7, 11) is 0. The Kier molecular flexibility index (Phi) is 5.02. The summed E-state index contributed by atoms with van der Waals surface area (Å²) in [4.78, 5) is 18.4. The van der Waals surface area contributed by atoms with E-state index in [1.165, 1.54) is 32.4 Å². The summed E-state index contributed by atoms with van der Waals surface area (Å²) in [5.74, 6) is 0.847. The van der Waals surface area contributed by atoms with Gasteiger partial charge in [0.15, 0.2) is 5.78 Å². The lowest BCUT2D eigenvalue weighted by molar-refractivity contribution is 0.104. The molecule has 0 atom stereocenters. The van der Waals surface area contributed by atoms with E-state index < -0.39 is 0 Å². The molecule has 1 fully saturated rings. The first-order valence-electron chi connectivity index (χ1n) is 9.37. The third-order valence-electron chi connectivity index (χ3n) is 5.08. The Labute approximate surface area is 153 Å². The van der Waals surface area contributed by atoms with Crippen LogP contribution in [0.15, 0.2) is 54.7 Å². The second-order valence-corrected chi connectivity index (χ2v) is 6.85. The van der Waals surface area contributed by atoms with Crippen LogP contribution < -0.4 is 4.74 Å². The van der Waals surface area contributed by atoms with Gasteiger partial charge in [-0.2, -0.15) is 0 Å². The van der Waals surface area contributed by atoms with Crippen LogP contribution in [0.3, 0.4) is 0 Å². The van der Waals surface area contributed by atoms with E-state index in [4.69, 9.17) is 4.74 Å². The minimum Gasteiger partial charge on any atom is -0.492 e. The third kappa shape index (κ3) is 3.65. The lowest BCUT2D eigenvalue weighted by Gasteiger charge is -2.26. The molecule has 0 bridgehead atoms. The minimum absolute atomic E-state index is 0.0299. The molecule has 0 radical (unpaired) electrons. The molecule has 26 heavy (non-hydrogen) atoms. The number of hydrogen-bond acceptors (Lipinski definition) is 3. The first-order chi connectivity index (χ1) is 12.8. The number of nitrogens with zero attached hydrogens (tertiary/aromatic N) is 1. The quantitative estimate of drug-likeness (QED) is 0.677. The number of carbonyl (C=O) groups is 1. The number of piperidine rings is 1. The fourth-order valence-electron chi connectivity index (χ4n) is 3.59. The summed E-state index contributed by atoms with van der Waals surface area (Å²) < 4.78 is 5.85. The largest absolute Gasteiger partial charge is 0.492 e. The van der Waals surface area contributed by atoms with Gasteiger partial charge >= 0.3 is 0 Å². The summed E-state index contributed by atoms with van der Waals surface area (Å²) in [6.45, 7) is 4.02. The second-order valence-electron chi connectivity index (χ2n) is 6.85. The van der Waals surface area contributed by atoms with Crippen LogP contribution in [0, 0.1) is 0 Å². The van der Waals surface area contributed by atoms with Crippen molar-refractivity contribution in [3.8, 4) is 5.75 Å². The summed E-state index contributed by atoms with van der Waals surface area (Å²) in [5.41, 5.74) is 2.37. The van der Waals surface area contributed by atoms with E-state index in [0.717, 1.165) is 23.2 Å². The van der Waals surface area contributed by atoms with Gasteiger partial charge in [0.05, 0.1) is 0 Å². The number of aromatic nitrogens is 1. The van der Waals surface area contributed by atoms with Crippen molar-refractivity contribution in [3.05, 3.63) is 65.9 Å². The lowest BCUT2D eigenvalue weighted by atomic mass is 10.0. The summed E-state index contributed by atoms with van der Waals surface area (Å²) >= 11 is 0. The number of H-pyrrole nitrogens is 1. The molecule has 2 heterocycles. The predicted octanol–water partition coefficient (Wildman–Crippen LogP) is 4.26. The van der Waals surface area contributed by atoms with Crippen LogP contribution in [-0.2, 0) is 0 Å². The van der Waals surface area contributed by atoms with Crippen LogP contribution in [0.25, 0.3) is 10.9 Å². The van der Waals surface area contributed by atoms with Crippen LogP contribution in [-0.4, -0.2) is 41.9 Å². The number of benzene rings is 2. The van der Waals surface area contributed by atoms with Gasteiger partial charge in [-0.3, -0.25) is 9.69 Å². The van der Waals surface area contributed by atoms with Crippen molar-refractivity contribution in [1.29, 1.82) is 0 Å². The Morgan fingerprint density at radius 1 is 1.00 bits per heavy atom. The zero-order chi connectivity index (χ0) is 17.8. The molecule has 0 spiro atoms. The van der Waals surface area contributed by atoms with Crippen LogP contribution in [0.5, 0.6) is 5.75 Å². The number of carbonyl (C=O) groups excluding carboxylic acids is 1. The molecule has 4 heteroatoms. The SMILES string of the molecule is O=C(c1ccc(OCCN2CCCCC2)cc1)c1c[nH]c2ccccc12. The highest BCUT2D eigenvalue weighted by Crippen LogP contribution is 2.22. The fraction of sp³-hybridized carbons (Fsp3) is 0.318. The maximum absolute atomic E-state index is 12.8. The fourth-order valence-corrected chi connectivity index (χ4v) is 3.59. The van der Waals surface area contributed by atoms with Crippen molar-refractivity contribution in [1.82, 2.24) is 9.88 Å². The maximum atomic E-state index is 12.8. The number of aromatic amines is 1. The average Bonchev–Trinajstić information content (AvgIpc) is 3.13. The first kappa shape index (κ1) is 16.9. The van der Waals surface area contributed by atoms with E-state index in [0.29, 0.717) is 17.7 Å². The molecule has 134 valence electrons. The highest BCUT2D eigenvalue weighted by atomic mass is 16.5. The smallest absolute Gasteiger partial charge is 0.195 e. The van der Waals surface area contributed by atoms with Crippen molar-refractivity contribution in [2.24, 2.45) is 0 Å². The number of para-hydroxylation sites is 1. The number of fused-ring (bicyclic) bond motifs is 1. The number of hydrogen-bond donors (Lipinski definition) is 1. The van der Waals surface area contributed by atoms with Gasteiger partial charge in [0.1, 0.15) is 12.4 Å². The number of ketones is 1. The zero-order valence-corrected chi connectivity index (χ0v) is 14.9. The van der Waals surface area contributed by atoms with Gasteiger partial charge in [-0.1, -0.05) is 24.6 Å². The Balaban J connectivity index is 1.38. The molecule has 4 nitrogen and oxygen atoms in total. The molecule has 0 unspecified atom stereocenters. The number of rotatable bonds is 6. The minimum atomic E-state index is 0.0299. The van der Waals surface area contributed by atoms with Crippen LogP contribution in [0.1, 0.15) is 35.2 Å². The molecular weight excluding hydrogens is 324 g/mol. The highest BCUT2D eigenvalue weighted by molar-refractivity contribution is 6.16. The normalized spacial score (nSPS) is 15.2. The summed E-state index contributed by atoms with van der Waals surface area (Å²) in [5, 5.41) is 0.958. The van der Waals surface area contributed by atoms with Crippen molar-refractivity contribution in [2.45, 2.75) is 19.3 Å². The zero-order valence-electron chi connectivity index (χ0n) is 14.9. The molecule has 1 N–H and O–H groups in total. The van der Waals surface area contributed by atoms with E-state index in [1.807, 2.05) is 48.5 Å². The van der Waals surface area contributed by atoms with Gasteiger partial charge in [-0.25, -0.2) is 0 Å². The topological polar surface area (TPSA) is 45.3 Å². The third-order valence-corrected chi connectivity index (χ3v) is 5.08. The summed E-state index contributed by atoms with van der Waals surface area (Å²) in [6, 6.07) is 15.3. The van der Waals surface area contributed by atoms with Gasteiger partial charge in [0.2, 0.25) is 0 Å². The molecule has 1 aliphatic heterocycles. The standard InChI is InChI=1S/C22H24N2O2/c25-22(20-16-23-21-7-3-2-6-19(20)21)17-8-10-18(11-9-17)26-15-14-24-12-4-1-5-13-24/h2-3,6-11,16,23H,1,4-5,12-15H2. The Bertz CT molecular complexity index is 877. The van der Waals surface area contributed by atoms with Crippen molar-refractivity contribution >= 4 is 16.7 Å². The average molecular weight is 348 g/mol. The number of ether oxygens (including phenoxy) is 1.